The van der Waals surface area contributed by atoms with Gasteiger partial charge in [0, 0.05) is 41.2 Å². The first-order valence-electron chi connectivity index (χ1n) is 20.6. The lowest BCUT2D eigenvalue weighted by molar-refractivity contribution is -0.183. The average molecular weight is 749 g/mol. The number of rotatable bonds is 18. The second-order valence-corrected chi connectivity index (χ2v) is 17.4. The van der Waals surface area contributed by atoms with E-state index in [1.54, 1.807) is 19.1 Å². The highest BCUT2D eigenvalue weighted by atomic mass is 16.7. The number of aliphatic hydroxyl groups excluding tert-OH is 2. The van der Waals surface area contributed by atoms with Crippen molar-refractivity contribution in [2.45, 2.75) is 124 Å². The number of nitrogens with one attached hydrogen (secondary N) is 2. The number of hydrogen-bond donors (Lipinski definition) is 4. The first-order valence-corrected chi connectivity index (χ1v) is 20.6. The quantitative estimate of drug-likeness (QED) is 0.140. The summed E-state index contributed by atoms with van der Waals surface area (Å²) in [6.07, 6.45) is 3.57. The fourth-order valence-electron chi connectivity index (χ4n) is 9.91. The Morgan fingerprint density at radius 2 is 1.78 bits per heavy atom. The summed E-state index contributed by atoms with van der Waals surface area (Å²) in [7, 11) is 1.62. The molecule has 0 unspecified atom stereocenters. The minimum Gasteiger partial charge on any atom is -0.496 e. The van der Waals surface area contributed by atoms with Crippen LogP contribution in [0.1, 0.15) is 103 Å². The minimum atomic E-state index is -0.886. The van der Waals surface area contributed by atoms with Crippen molar-refractivity contribution in [3.63, 3.8) is 0 Å². The third-order valence-corrected chi connectivity index (χ3v) is 12.8. The van der Waals surface area contributed by atoms with Gasteiger partial charge in [0.05, 0.1) is 26.4 Å². The molecule has 3 saturated carbocycles. The number of hydrogen-bond acceptors (Lipinski definition) is 8. The first kappa shape index (κ1) is 42.1. The molecule has 0 radical (unpaired) electrons. The summed E-state index contributed by atoms with van der Waals surface area (Å²) < 4.78 is 6.05. The van der Waals surface area contributed by atoms with Crippen LogP contribution >= 0.6 is 0 Å². The van der Waals surface area contributed by atoms with Gasteiger partial charge in [0.25, 0.3) is 5.91 Å². The Balaban J connectivity index is 1.37. The lowest BCUT2D eigenvalue weighted by Gasteiger charge is -2.62. The molecule has 2 aromatic rings. The molecular formula is C44H68N4O6. The van der Waals surface area contributed by atoms with Crippen LogP contribution < -0.4 is 15.4 Å². The van der Waals surface area contributed by atoms with E-state index in [0.29, 0.717) is 40.4 Å². The Morgan fingerprint density at radius 1 is 1.07 bits per heavy atom. The molecule has 3 aliphatic carbocycles. The monoisotopic (exact) mass is 749 g/mol. The highest BCUT2D eigenvalue weighted by Crippen LogP contribution is 2.61. The first-order chi connectivity index (χ1) is 25.7. The molecule has 2 aromatic carbocycles. The van der Waals surface area contributed by atoms with Gasteiger partial charge in [-0.3, -0.25) is 14.4 Å². The standard InChI is InChI=1S/C44H68N4O6/c1-10-18-47(19-11-2)25-34(20-27(3)4)45-42(51)31-15-12-14-30(21-31)35-17-13-16-32(41(35)53-9)24-48-40(39(29(6)50)38(26-49)54-48)43(52)46-37-23-33-22-36(28(37)5)44(33,7)8/h12-17,21,27-29,33-34,36-40,49-50H,10-11,18-20,22-26H2,1-9H3,(H,45,51)(H,46,52)/t28-,29-,33-,34+,36+,37-,38-,39-,40-/m0/s1. The predicted octanol–water partition coefficient (Wildman–Crippen LogP) is 6.29. The summed E-state index contributed by atoms with van der Waals surface area (Å²) in [4.78, 5) is 36.7. The smallest absolute Gasteiger partial charge is 0.251 e. The molecule has 300 valence electrons. The molecule has 10 heteroatoms. The number of carbonyl (C=O) groups is 2. The van der Waals surface area contributed by atoms with E-state index in [9.17, 15) is 19.8 Å². The second kappa shape index (κ2) is 18.3. The van der Waals surface area contributed by atoms with Crippen LogP contribution in [0.2, 0.25) is 0 Å². The summed E-state index contributed by atoms with van der Waals surface area (Å²) in [5.74, 6) is 1.63. The fourth-order valence-corrected chi connectivity index (χ4v) is 9.91. The fraction of sp³-hybridized carbons (Fsp3) is 0.682. The van der Waals surface area contributed by atoms with E-state index >= 15 is 0 Å². The zero-order valence-corrected chi connectivity index (χ0v) is 34.3. The number of ether oxygens (including phenoxy) is 1. The van der Waals surface area contributed by atoms with Crippen molar-refractivity contribution < 1.29 is 29.4 Å². The maximum Gasteiger partial charge on any atom is 0.251 e. The second-order valence-electron chi connectivity index (χ2n) is 17.4. The maximum absolute atomic E-state index is 14.2. The molecule has 10 nitrogen and oxygen atoms in total. The van der Waals surface area contributed by atoms with Crippen LogP contribution in [-0.4, -0.2) is 95.7 Å². The minimum absolute atomic E-state index is 0.0369. The van der Waals surface area contributed by atoms with Crippen LogP contribution in [0.25, 0.3) is 11.1 Å². The molecule has 0 spiro atoms. The van der Waals surface area contributed by atoms with E-state index in [2.05, 4.69) is 64.0 Å². The van der Waals surface area contributed by atoms with Crippen molar-refractivity contribution in [1.29, 1.82) is 0 Å². The van der Waals surface area contributed by atoms with Crippen molar-refractivity contribution in [2.24, 2.45) is 35.0 Å². The highest BCUT2D eigenvalue weighted by Gasteiger charge is 2.57. The van der Waals surface area contributed by atoms with Crippen LogP contribution in [0.15, 0.2) is 42.5 Å². The van der Waals surface area contributed by atoms with E-state index in [1.807, 2.05) is 42.5 Å². The number of benzene rings is 2. The van der Waals surface area contributed by atoms with Gasteiger partial charge in [-0.25, -0.2) is 0 Å². The summed E-state index contributed by atoms with van der Waals surface area (Å²) in [5, 5.41) is 29.6. The van der Waals surface area contributed by atoms with Gasteiger partial charge >= 0.3 is 0 Å². The van der Waals surface area contributed by atoms with Crippen molar-refractivity contribution in [3.8, 4) is 16.9 Å². The van der Waals surface area contributed by atoms with Crippen molar-refractivity contribution >= 4 is 11.8 Å². The molecule has 9 atom stereocenters. The molecular weight excluding hydrogens is 681 g/mol. The van der Waals surface area contributed by atoms with Crippen LogP contribution in [0.3, 0.4) is 0 Å². The van der Waals surface area contributed by atoms with Crippen LogP contribution in [-0.2, 0) is 16.2 Å². The third kappa shape index (κ3) is 9.15. The predicted molar refractivity (Wildman–Crippen MR) is 214 cm³/mol. The molecule has 4 fully saturated rings. The van der Waals surface area contributed by atoms with Gasteiger partial charge in [-0.1, -0.05) is 78.8 Å². The number of methoxy groups -OCH3 is 1. The lowest BCUT2D eigenvalue weighted by Crippen LogP contribution is -2.62. The normalized spacial score (nSPS) is 27.4. The van der Waals surface area contributed by atoms with Gasteiger partial charge < -0.3 is 30.5 Å². The van der Waals surface area contributed by atoms with E-state index in [4.69, 9.17) is 9.57 Å². The van der Waals surface area contributed by atoms with E-state index in [0.717, 1.165) is 62.0 Å². The van der Waals surface area contributed by atoms with Crippen LogP contribution in [0.5, 0.6) is 5.75 Å². The van der Waals surface area contributed by atoms with E-state index in [1.165, 1.54) is 6.42 Å². The summed E-state index contributed by atoms with van der Waals surface area (Å²) in [5.41, 5.74) is 3.29. The summed E-state index contributed by atoms with van der Waals surface area (Å²) in [6.45, 7) is 20.1. The number of fused-ring (bicyclic) bond motifs is 2. The number of nitrogens with zero attached hydrogens (tertiary/aromatic N) is 2. The number of aliphatic hydroxyl groups is 2. The van der Waals surface area contributed by atoms with E-state index in [-0.39, 0.29) is 37.0 Å². The maximum atomic E-state index is 14.2. The number of hydroxylamine groups is 2. The van der Waals surface area contributed by atoms with Gasteiger partial charge in [0.1, 0.15) is 17.9 Å². The topological polar surface area (TPSA) is 124 Å². The zero-order valence-electron chi connectivity index (χ0n) is 34.3. The largest absolute Gasteiger partial charge is 0.496 e. The highest BCUT2D eigenvalue weighted by molar-refractivity contribution is 5.96. The zero-order chi connectivity index (χ0) is 39.3. The number of carbonyl (C=O) groups excluding carboxylic acids is 2. The van der Waals surface area contributed by atoms with Crippen LogP contribution in [0, 0.1) is 35.0 Å². The molecule has 1 saturated heterocycles. The van der Waals surface area contributed by atoms with Crippen molar-refractivity contribution in [1.82, 2.24) is 20.6 Å². The molecule has 6 rings (SSSR count). The molecule has 4 N–H and O–H groups in total. The van der Waals surface area contributed by atoms with Gasteiger partial charge in [0.2, 0.25) is 5.91 Å². The molecule has 1 heterocycles. The van der Waals surface area contributed by atoms with Crippen molar-refractivity contribution in [2.75, 3.05) is 33.4 Å². The average Bonchev–Trinajstić information content (AvgIpc) is 3.50. The van der Waals surface area contributed by atoms with Crippen LogP contribution in [0.4, 0.5) is 0 Å². The Bertz CT molecular complexity index is 1560. The number of para-hydroxylation sites is 1. The molecule has 4 aliphatic rings. The Labute approximate surface area is 324 Å². The van der Waals surface area contributed by atoms with Crippen molar-refractivity contribution in [3.05, 3.63) is 53.6 Å². The Kier molecular flexibility index (Phi) is 14.3. The SMILES string of the molecule is CCCN(CCC)C[C@@H](CC(C)C)NC(=O)c1cccc(-c2cccc(CN3O[C@@H](CO)[C@H]([C@H](C)O)[C@H]3C(=O)N[C@H]3C[C@@H]4C[C@H]([C@@H]3C)C4(C)C)c2OC)c1. The molecule has 2 amide bonds. The summed E-state index contributed by atoms with van der Waals surface area (Å²) in [6, 6.07) is 12.7. The molecule has 0 aromatic heterocycles. The Hall–Kier alpha value is -3.02. The third-order valence-electron chi connectivity index (χ3n) is 12.8. The molecule has 2 bridgehead atoms. The van der Waals surface area contributed by atoms with Gasteiger partial charge in [-0.15, -0.1) is 0 Å². The molecule has 54 heavy (non-hydrogen) atoms. The van der Waals surface area contributed by atoms with Gasteiger partial charge in [-0.2, -0.15) is 5.06 Å². The summed E-state index contributed by atoms with van der Waals surface area (Å²) >= 11 is 0. The molecule has 1 aliphatic heterocycles. The van der Waals surface area contributed by atoms with Gasteiger partial charge in [0.15, 0.2) is 0 Å². The van der Waals surface area contributed by atoms with E-state index < -0.39 is 24.2 Å². The lowest BCUT2D eigenvalue weighted by atomic mass is 9.45. The van der Waals surface area contributed by atoms with Gasteiger partial charge in [-0.05, 0) is 98.9 Å². The number of amides is 2. The Morgan fingerprint density at radius 3 is 2.37 bits per heavy atom.